The van der Waals surface area contributed by atoms with Crippen LogP contribution in [0.2, 0.25) is 0 Å². The van der Waals surface area contributed by atoms with Crippen LogP contribution in [-0.4, -0.2) is 41.9 Å². The highest BCUT2D eigenvalue weighted by atomic mass is 19.1. The predicted molar refractivity (Wildman–Crippen MR) is 106 cm³/mol. The van der Waals surface area contributed by atoms with Gasteiger partial charge in [0.2, 0.25) is 0 Å². The standard InChI is InChI=1S/C21H18FN7O/c22-13-2-1-6-29-17(13)8-15(27-29)20-19-14(25-11-26-19)5-7-28(20)18-10-23-16(9-24-18)21(30)12-3-4-12/h1-2,6,8-12,20H,3-5,7H2,(H,25,26). The minimum atomic E-state index is -0.335. The Balaban J connectivity index is 1.42. The van der Waals surface area contributed by atoms with E-state index in [0.717, 1.165) is 30.7 Å². The highest BCUT2D eigenvalue weighted by Gasteiger charge is 2.35. The maximum Gasteiger partial charge on any atom is 0.185 e. The Morgan fingerprint density at radius 1 is 1.20 bits per heavy atom. The van der Waals surface area contributed by atoms with Crippen molar-refractivity contribution in [3.05, 3.63) is 71.7 Å². The highest BCUT2D eigenvalue weighted by molar-refractivity contribution is 5.97. The van der Waals surface area contributed by atoms with Gasteiger partial charge in [0.15, 0.2) is 5.78 Å². The minimum absolute atomic E-state index is 0.0645. The van der Waals surface area contributed by atoms with Gasteiger partial charge in [-0.15, -0.1) is 0 Å². The minimum Gasteiger partial charge on any atom is -0.348 e. The van der Waals surface area contributed by atoms with Gasteiger partial charge >= 0.3 is 0 Å². The number of carbonyl (C=O) groups excluding carboxylic acids is 1. The van der Waals surface area contributed by atoms with E-state index in [0.29, 0.717) is 29.3 Å². The molecule has 6 rings (SSSR count). The predicted octanol–water partition coefficient (Wildman–Crippen LogP) is 2.73. The second-order valence-corrected chi connectivity index (χ2v) is 7.77. The average molecular weight is 403 g/mol. The lowest BCUT2D eigenvalue weighted by molar-refractivity contribution is 0.0962. The Kier molecular flexibility index (Phi) is 3.71. The van der Waals surface area contributed by atoms with E-state index in [9.17, 15) is 9.18 Å². The monoisotopic (exact) mass is 403 g/mol. The molecular weight excluding hydrogens is 385 g/mol. The Morgan fingerprint density at radius 2 is 2.10 bits per heavy atom. The molecule has 0 radical (unpaired) electrons. The smallest absolute Gasteiger partial charge is 0.185 e. The molecule has 2 aliphatic rings. The number of rotatable bonds is 4. The van der Waals surface area contributed by atoms with Gasteiger partial charge in [0, 0.05) is 30.8 Å². The Labute approximate surface area is 170 Å². The first-order valence-electron chi connectivity index (χ1n) is 9.98. The molecular formula is C21H18FN7O. The summed E-state index contributed by atoms with van der Waals surface area (Å²) < 4.78 is 15.8. The summed E-state index contributed by atoms with van der Waals surface area (Å²) in [5.41, 5.74) is 3.36. The van der Waals surface area contributed by atoms with Crippen LogP contribution < -0.4 is 4.90 Å². The molecule has 0 amide bonds. The number of halogens is 1. The number of fused-ring (bicyclic) bond motifs is 2. The summed E-state index contributed by atoms with van der Waals surface area (Å²) in [7, 11) is 0. The van der Waals surface area contributed by atoms with Crippen LogP contribution in [0.1, 0.15) is 46.5 Å². The lowest BCUT2D eigenvalue weighted by Gasteiger charge is -2.34. The summed E-state index contributed by atoms with van der Waals surface area (Å²) in [6.07, 6.45) is 9.20. The first-order valence-corrected chi connectivity index (χ1v) is 9.98. The number of nitrogens with zero attached hydrogens (tertiary/aromatic N) is 6. The van der Waals surface area contributed by atoms with Crippen LogP contribution in [0, 0.1) is 11.7 Å². The van der Waals surface area contributed by atoms with Crippen molar-refractivity contribution in [2.24, 2.45) is 5.92 Å². The average Bonchev–Trinajstić information content (AvgIpc) is 3.34. The number of H-pyrrole nitrogens is 1. The molecule has 0 bridgehead atoms. The molecule has 30 heavy (non-hydrogen) atoms. The zero-order valence-electron chi connectivity index (χ0n) is 16.0. The summed E-state index contributed by atoms with van der Waals surface area (Å²) in [5, 5.41) is 4.61. The van der Waals surface area contributed by atoms with Crippen molar-refractivity contribution in [3.8, 4) is 0 Å². The summed E-state index contributed by atoms with van der Waals surface area (Å²) in [6.45, 7) is 0.667. The third-order valence-electron chi connectivity index (χ3n) is 5.81. The van der Waals surface area contributed by atoms with Crippen molar-refractivity contribution >= 4 is 17.1 Å². The fourth-order valence-electron chi connectivity index (χ4n) is 4.11. The first kappa shape index (κ1) is 17.3. The van der Waals surface area contributed by atoms with E-state index in [1.165, 1.54) is 10.6 Å². The summed E-state index contributed by atoms with van der Waals surface area (Å²) >= 11 is 0. The van der Waals surface area contributed by atoms with Crippen LogP contribution in [0.5, 0.6) is 0 Å². The van der Waals surface area contributed by atoms with E-state index in [1.54, 1.807) is 37.1 Å². The number of anilines is 1. The number of aromatic amines is 1. The zero-order chi connectivity index (χ0) is 20.2. The van der Waals surface area contributed by atoms with Gasteiger partial charge in [0.25, 0.3) is 0 Å². The number of pyridine rings is 1. The zero-order valence-corrected chi connectivity index (χ0v) is 16.0. The van der Waals surface area contributed by atoms with Crippen LogP contribution >= 0.6 is 0 Å². The molecule has 1 aliphatic carbocycles. The Bertz CT molecular complexity index is 1260. The van der Waals surface area contributed by atoms with Crippen LogP contribution in [0.4, 0.5) is 10.2 Å². The van der Waals surface area contributed by atoms with E-state index in [-0.39, 0.29) is 23.6 Å². The molecule has 150 valence electrons. The molecule has 0 spiro atoms. The Morgan fingerprint density at radius 3 is 2.87 bits per heavy atom. The van der Waals surface area contributed by atoms with E-state index in [4.69, 9.17) is 0 Å². The van der Waals surface area contributed by atoms with E-state index < -0.39 is 0 Å². The Hall–Kier alpha value is -3.62. The molecule has 8 nitrogen and oxygen atoms in total. The normalized spacial score (nSPS) is 18.6. The van der Waals surface area contributed by atoms with Crippen molar-refractivity contribution in [1.82, 2.24) is 29.5 Å². The molecule has 1 atom stereocenters. The van der Waals surface area contributed by atoms with Crippen molar-refractivity contribution in [2.75, 3.05) is 11.4 Å². The molecule has 1 fully saturated rings. The molecule has 1 N–H and O–H groups in total. The van der Waals surface area contributed by atoms with Gasteiger partial charge in [-0.3, -0.25) is 4.79 Å². The van der Waals surface area contributed by atoms with Crippen LogP contribution in [-0.2, 0) is 6.42 Å². The largest absolute Gasteiger partial charge is 0.348 e. The lowest BCUT2D eigenvalue weighted by atomic mass is 10.00. The molecule has 1 saturated carbocycles. The second-order valence-electron chi connectivity index (χ2n) is 7.77. The van der Waals surface area contributed by atoms with Gasteiger partial charge in [-0.05, 0) is 31.0 Å². The SMILES string of the molecule is O=C(c1cnc(N2CCc3[nH]cnc3C2c2cc3c(F)cccn3n2)cn1)C1CC1. The fourth-order valence-corrected chi connectivity index (χ4v) is 4.11. The van der Waals surface area contributed by atoms with Gasteiger partial charge in [0.1, 0.15) is 28.9 Å². The fraction of sp³-hybridized carbons (Fsp3) is 0.286. The number of hydrogen-bond donors (Lipinski definition) is 1. The van der Waals surface area contributed by atoms with E-state index >= 15 is 0 Å². The molecule has 9 heteroatoms. The number of nitrogens with one attached hydrogen (secondary N) is 1. The van der Waals surface area contributed by atoms with Crippen molar-refractivity contribution < 1.29 is 9.18 Å². The number of Topliss-reactive ketones (excluding diaryl/α,β-unsaturated/α-hetero) is 1. The van der Waals surface area contributed by atoms with Gasteiger partial charge in [-0.1, -0.05) is 0 Å². The van der Waals surface area contributed by atoms with E-state index in [1.807, 2.05) is 0 Å². The number of aromatic nitrogens is 6. The van der Waals surface area contributed by atoms with E-state index in [2.05, 4.69) is 29.9 Å². The molecule has 4 aromatic heterocycles. The first-order chi connectivity index (χ1) is 14.7. The summed E-state index contributed by atoms with van der Waals surface area (Å²) in [6, 6.07) is 4.45. The third kappa shape index (κ3) is 2.69. The molecule has 1 unspecified atom stereocenters. The molecule has 0 aromatic carbocycles. The van der Waals surface area contributed by atoms with Crippen molar-refractivity contribution in [2.45, 2.75) is 25.3 Å². The van der Waals surface area contributed by atoms with Gasteiger partial charge in [0.05, 0.1) is 30.1 Å². The van der Waals surface area contributed by atoms with Gasteiger partial charge < -0.3 is 9.88 Å². The maximum absolute atomic E-state index is 14.3. The maximum atomic E-state index is 14.3. The second kappa shape index (κ2) is 6.45. The lowest BCUT2D eigenvalue weighted by Crippen LogP contribution is -2.37. The van der Waals surface area contributed by atoms with Crippen LogP contribution in [0.25, 0.3) is 5.52 Å². The van der Waals surface area contributed by atoms with Crippen LogP contribution in [0.15, 0.2) is 43.1 Å². The van der Waals surface area contributed by atoms with Crippen molar-refractivity contribution in [3.63, 3.8) is 0 Å². The van der Waals surface area contributed by atoms with Gasteiger partial charge in [-0.25, -0.2) is 23.9 Å². The van der Waals surface area contributed by atoms with Crippen molar-refractivity contribution in [1.29, 1.82) is 0 Å². The highest BCUT2D eigenvalue weighted by Crippen LogP contribution is 2.36. The van der Waals surface area contributed by atoms with Crippen LogP contribution in [0.3, 0.4) is 0 Å². The molecule has 4 aromatic rings. The van der Waals surface area contributed by atoms with Gasteiger partial charge in [-0.2, -0.15) is 5.10 Å². The number of ketones is 1. The molecule has 0 saturated heterocycles. The molecule has 1 aliphatic heterocycles. The molecule has 5 heterocycles. The number of imidazole rings is 1. The third-order valence-corrected chi connectivity index (χ3v) is 5.81. The number of hydrogen-bond acceptors (Lipinski definition) is 6. The summed E-state index contributed by atoms with van der Waals surface area (Å²) in [4.78, 5) is 30.9. The topological polar surface area (TPSA) is 92.1 Å². The number of carbonyl (C=O) groups is 1. The summed E-state index contributed by atoms with van der Waals surface area (Å²) in [5.74, 6) is 0.476. The quantitative estimate of drug-likeness (QED) is 0.527.